The van der Waals surface area contributed by atoms with E-state index in [9.17, 15) is 4.79 Å². The molecule has 0 aliphatic carbocycles. The Balaban J connectivity index is 2.09. The second-order valence-electron chi connectivity index (χ2n) is 4.54. The maximum Gasteiger partial charge on any atom is 0.170 e. The lowest BCUT2D eigenvalue weighted by Gasteiger charge is -2.08. The molecule has 0 spiro atoms. The second-order valence-corrected chi connectivity index (χ2v) is 5.45. The van der Waals surface area contributed by atoms with Crippen molar-refractivity contribution in [2.45, 2.75) is 32.7 Å². The number of carbonyl (C=O) groups is 1. The summed E-state index contributed by atoms with van der Waals surface area (Å²) in [7, 11) is 0. The standard InChI is InChI=1S/C14H16BrN3O/c1-3-10(2)18-5-4-13(17-18)7-14(19)11-6-12(15)9-16-8-11/h4-6,8-10H,3,7H2,1-2H3. The van der Waals surface area contributed by atoms with Crippen molar-refractivity contribution >= 4 is 21.7 Å². The molecule has 0 saturated heterocycles. The maximum atomic E-state index is 12.1. The zero-order valence-electron chi connectivity index (χ0n) is 11.0. The van der Waals surface area contributed by atoms with Crippen LogP contribution in [0.5, 0.6) is 0 Å². The van der Waals surface area contributed by atoms with Crippen LogP contribution in [0.4, 0.5) is 0 Å². The summed E-state index contributed by atoms with van der Waals surface area (Å²) in [6.45, 7) is 4.22. The molecule has 0 N–H and O–H groups in total. The van der Waals surface area contributed by atoms with Crippen LogP contribution in [-0.4, -0.2) is 20.5 Å². The normalized spacial score (nSPS) is 12.4. The molecule has 2 aromatic heterocycles. The lowest BCUT2D eigenvalue weighted by atomic mass is 10.1. The van der Waals surface area contributed by atoms with Gasteiger partial charge >= 0.3 is 0 Å². The van der Waals surface area contributed by atoms with Crippen LogP contribution in [0.3, 0.4) is 0 Å². The van der Waals surface area contributed by atoms with E-state index in [1.165, 1.54) is 0 Å². The van der Waals surface area contributed by atoms with Crippen LogP contribution >= 0.6 is 15.9 Å². The smallest absolute Gasteiger partial charge is 0.170 e. The van der Waals surface area contributed by atoms with Crippen LogP contribution in [0.2, 0.25) is 0 Å². The van der Waals surface area contributed by atoms with Gasteiger partial charge < -0.3 is 0 Å². The van der Waals surface area contributed by atoms with Gasteiger partial charge in [-0.05, 0) is 41.4 Å². The number of aromatic nitrogens is 3. The summed E-state index contributed by atoms with van der Waals surface area (Å²) < 4.78 is 2.71. The van der Waals surface area contributed by atoms with E-state index in [4.69, 9.17) is 0 Å². The average Bonchev–Trinajstić information content (AvgIpc) is 2.86. The molecule has 1 unspecified atom stereocenters. The van der Waals surface area contributed by atoms with Crippen molar-refractivity contribution in [3.05, 3.63) is 46.5 Å². The number of halogens is 1. The highest BCUT2D eigenvalue weighted by atomic mass is 79.9. The number of ketones is 1. The molecule has 0 fully saturated rings. The predicted octanol–water partition coefficient (Wildman–Crippen LogP) is 3.44. The third-order valence-corrected chi connectivity index (χ3v) is 3.51. The van der Waals surface area contributed by atoms with Crippen molar-refractivity contribution in [2.24, 2.45) is 0 Å². The third-order valence-electron chi connectivity index (χ3n) is 3.07. The van der Waals surface area contributed by atoms with E-state index < -0.39 is 0 Å². The van der Waals surface area contributed by atoms with Crippen molar-refractivity contribution in [2.75, 3.05) is 0 Å². The third kappa shape index (κ3) is 3.50. The highest BCUT2D eigenvalue weighted by Crippen LogP contribution is 2.13. The van der Waals surface area contributed by atoms with E-state index >= 15 is 0 Å². The summed E-state index contributed by atoms with van der Waals surface area (Å²) >= 11 is 3.31. The fourth-order valence-corrected chi connectivity index (χ4v) is 2.10. The van der Waals surface area contributed by atoms with Crippen LogP contribution in [0.25, 0.3) is 0 Å². The monoisotopic (exact) mass is 321 g/mol. The topological polar surface area (TPSA) is 47.8 Å². The van der Waals surface area contributed by atoms with Gasteiger partial charge in [0, 0.05) is 34.7 Å². The van der Waals surface area contributed by atoms with Gasteiger partial charge in [0.2, 0.25) is 0 Å². The maximum absolute atomic E-state index is 12.1. The first-order valence-corrected chi connectivity index (χ1v) is 7.07. The SMILES string of the molecule is CCC(C)n1ccc(CC(=O)c2cncc(Br)c2)n1. The molecule has 4 nitrogen and oxygen atoms in total. The zero-order valence-corrected chi connectivity index (χ0v) is 12.6. The number of pyridine rings is 1. The van der Waals surface area contributed by atoms with Crippen molar-refractivity contribution < 1.29 is 4.79 Å². The molecule has 1 atom stereocenters. The van der Waals surface area contributed by atoms with Crippen LogP contribution in [0.1, 0.15) is 42.4 Å². The number of hydrogen-bond acceptors (Lipinski definition) is 3. The Morgan fingerprint density at radius 1 is 1.47 bits per heavy atom. The molecular formula is C14H16BrN3O. The van der Waals surface area contributed by atoms with Gasteiger partial charge in [-0.15, -0.1) is 0 Å². The van der Waals surface area contributed by atoms with E-state index in [2.05, 4.69) is 39.9 Å². The lowest BCUT2D eigenvalue weighted by Crippen LogP contribution is -2.08. The van der Waals surface area contributed by atoms with Gasteiger partial charge in [-0.3, -0.25) is 14.5 Å². The van der Waals surface area contributed by atoms with Crippen molar-refractivity contribution in [3.8, 4) is 0 Å². The minimum Gasteiger partial charge on any atom is -0.294 e. The molecule has 0 amide bonds. The lowest BCUT2D eigenvalue weighted by molar-refractivity contribution is 0.0991. The highest BCUT2D eigenvalue weighted by Gasteiger charge is 2.11. The molecule has 0 aromatic carbocycles. The van der Waals surface area contributed by atoms with Gasteiger partial charge in [-0.2, -0.15) is 5.10 Å². The minimum absolute atomic E-state index is 0.0307. The number of rotatable bonds is 5. The van der Waals surface area contributed by atoms with Crippen molar-refractivity contribution in [1.82, 2.24) is 14.8 Å². The molecule has 0 aliphatic rings. The number of hydrogen-bond donors (Lipinski definition) is 0. The van der Waals surface area contributed by atoms with Crippen LogP contribution in [0, 0.1) is 0 Å². The molecule has 2 rings (SSSR count). The van der Waals surface area contributed by atoms with Gasteiger partial charge in [0.25, 0.3) is 0 Å². The van der Waals surface area contributed by atoms with Crippen molar-refractivity contribution in [1.29, 1.82) is 0 Å². The first-order valence-electron chi connectivity index (χ1n) is 6.28. The minimum atomic E-state index is 0.0307. The summed E-state index contributed by atoms with van der Waals surface area (Å²) in [5.41, 5.74) is 1.40. The van der Waals surface area contributed by atoms with E-state index in [-0.39, 0.29) is 5.78 Å². The van der Waals surface area contributed by atoms with Crippen LogP contribution in [0.15, 0.2) is 35.2 Å². The molecule has 0 radical (unpaired) electrons. The molecule has 2 aromatic rings. The summed E-state index contributed by atoms with van der Waals surface area (Å²) in [5, 5.41) is 4.43. The number of Topliss-reactive ketones (excluding diaryl/α,β-unsaturated/α-hetero) is 1. The van der Waals surface area contributed by atoms with Gasteiger partial charge in [-0.1, -0.05) is 6.92 Å². The van der Waals surface area contributed by atoms with Gasteiger partial charge in [0.15, 0.2) is 5.78 Å². The number of carbonyl (C=O) groups excluding carboxylic acids is 1. The Kier molecular flexibility index (Phi) is 4.47. The summed E-state index contributed by atoms with van der Waals surface area (Å²) in [5.74, 6) is 0.0307. The predicted molar refractivity (Wildman–Crippen MR) is 77.2 cm³/mol. The quantitative estimate of drug-likeness (QED) is 0.792. The summed E-state index contributed by atoms with van der Waals surface area (Å²) in [6, 6.07) is 4.03. The zero-order chi connectivity index (χ0) is 13.8. The first-order chi connectivity index (χ1) is 9.10. The highest BCUT2D eigenvalue weighted by molar-refractivity contribution is 9.10. The Morgan fingerprint density at radius 2 is 2.26 bits per heavy atom. The van der Waals surface area contributed by atoms with E-state index in [0.29, 0.717) is 18.0 Å². The Labute approximate surface area is 121 Å². The molecule has 2 heterocycles. The van der Waals surface area contributed by atoms with Gasteiger partial charge in [0.1, 0.15) is 0 Å². The second kappa shape index (κ2) is 6.10. The molecular weight excluding hydrogens is 306 g/mol. The van der Waals surface area contributed by atoms with Gasteiger partial charge in [0.05, 0.1) is 12.1 Å². The molecule has 0 aliphatic heterocycles. The van der Waals surface area contributed by atoms with E-state index in [1.54, 1.807) is 18.5 Å². The Bertz CT molecular complexity index is 580. The van der Waals surface area contributed by atoms with E-state index in [0.717, 1.165) is 16.6 Å². The van der Waals surface area contributed by atoms with Crippen LogP contribution in [-0.2, 0) is 6.42 Å². The molecule has 0 bridgehead atoms. The molecule has 100 valence electrons. The first kappa shape index (κ1) is 13.9. The summed E-state index contributed by atoms with van der Waals surface area (Å²) in [6.07, 6.45) is 6.50. The fraction of sp³-hybridized carbons (Fsp3) is 0.357. The average molecular weight is 322 g/mol. The van der Waals surface area contributed by atoms with Gasteiger partial charge in [-0.25, -0.2) is 0 Å². The Morgan fingerprint density at radius 3 is 2.95 bits per heavy atom. The van der Waals surface area contributed by atoms with Crippen LogP contribution < -0.4 is 0 Å². The number of nitrogens with zero attached hydrogens (tertiary/aromatic N) is 3. The Hall–Kier alpha value is -1.49. The van der Waals surface area contributed by atoms with E-state index in [1.807, 2.05) is 16.9 Å². The largest absolute Gasteiger partial charge is 0.294 e. The summed E-state index contributed by atoms with van der Waals surface area (Å²) in [4.78, 5) is 16.1. The molecule has 5 heteroatoms. The molecule has 19 heavy (non-hydrogen) atoms. The molecule has 0 saturated carbocycles. The van der Waals surface area contributed by atoms with Crippen molar-refractivity contribution in [3.63, 3.8) is 0 Å². The fourth-order valence-electron chi connectivity index (χ4n) is 1.74.